The third-order valence-electron chi connectivity index (χ3n) is 6.96. The molecule has 184 valence electrons. The molecule has 2 aliphatic carbocycles. The number of urea groups is 1. The Hall–Kier alpha value is -3.61. The number of rotatable bonds is 6. The van der Waals surface area contributed by atoms with Crippen LogP contribution in [0.3, 0.4) is 0 Å². The Labute approximate surface area is 200 Å². The maximum atomic E-state index is 13.5. The molecule has 35 heavy (non-hydrogen) atoms. The van der Waals surface area contributed by atoms with Gasteiger partial charge < -0.3 is 5.32 Å². The van der Waals surface area contributed by atoms with Gasteiger partial charge in [-0.2, -0.15) is 18.4 Å². The minimum Gasteiger partial charge on any atom is -0.359 e. The summed E-state index contributed by atoms with van der Waals surface area (Å²) in [5.74, 6) is -0.560. The van der Waals surface area contributed by atoms with E-state index in [0.717, 1.165) is 29.4 Å². The van der Waals surface area contributed by atoms with Gasteiger partial charge in [-0.3, -0.25) is 14.5 Å². The first kappa shape index (κ1) is 24.5. The monoisotopic (exact) mass is 486 g/mol. The van der Waals surface area contributed by atoms with Crippen molar-refractivity contribution in [2.75, 3.05) is 11.9 Å². The third kappa shape index (κ3) is 4.31. The molecule has 1 saturated heterocycles. The topological polar surface area (TPSA) is 93.5 Å². The van der Waals surface area contributed by atoms with Gasteiger partial charge in [0.05, 0.1) is 22.9 Å². The lowest BCUT2D eigenvalue weighted by Gasteiger charge is -2.43. The van der Waals surface area contributed by atoms with E-state index in [1.54, 1.807) is 13.1 Å². The molecular formula is C25H25F3N4O3. The molecule has 10 heteroatoms. The third-order valence-corrected chi connectivity index (χ3v) is 6.96. The van der Waals surface area contributed by atoms with E-state index < -0.39 is 34.8 Å². The molecule has 0 atom stereocenters. The number of nitrogens with zero attached hydrogens (tertiary/aromatic N) is 3. The standard InChI is InChI=1S/C25H25F3N4O3/c1-30-21(33)5-2-4-16-6-9-18(10-7-16)32-23(35)31(22(34)24(32)12-3-13-24)19-11-8-17(15-29)20(14-19)25(26,27)28/h6,8-9,11,14H,2-5,7,10,12-13H2,1H3,(H,30,33). The van der Waals surface area contributed by atoms with Gasteiger partial charge in [-0.05, 0) is 69.2 Å². The molecule has 1 aromatic carbocycles. The number of benzene rings is 1. The minimum atomic E-state index is -4.80. The molecule has 1 aromatic rings. The van der Waals surface area contributed by atoms with Crippen LogP contribution in [0, 0.1) is 11.3 Å². The highest BCUT2D eigenvalue weighted by molar-refractivity contribution is 6.24. The first-order valence-electron chi connectivity index (χ1n) is 11.5. The van der Waals surface area contributed by atoms with Crippen molar-refractivity contribution >= 4 is 23.5 Å². The van der Waals surface area contributed by atoms with E-state index in [4.69, 9.17) is 5.26 Å². The predicted octanol–water partition coefficient (Wildman–Crippen LogP) is 4.79. The van der Waals surface area contributed by atoms with Crippen LogP contribution < -0.4 is 10.2 Å². The van der Waals surface area contributed by atoms with E-state index in [1.165, 1.54) is 17.0 Å². The van der Waals surface area contributed by atoms with Gasteiger partial charge in [0.1, 0.15) is 5.54 Å². The van der Waals surface area contributed by atoms with Crippen LogP contribution in [0.15, 0.2) is 41.6 Å². The zero-order valence-corrected chi connectivity index (χ0v) is 19.2. The summed E-state index contributed by atoms with van der Waals surface area (Å²) in [5.41, 5.74) is -1.23. The second-order valence-corrected chi connectivity index (χ2v) is 8.99. The van der Waals surface area contributed by atoms with Gasteiger partial charge in [0.15, 0.2) is 0 Å². The van der Waals surface area contributed by atoms with Gasteiger partial charge in [-0.15, -0.1) is 0 Å². The van der Waals surface area contributed by atoms with Crippen LogP contribution in [-0.2, 0) is 15.8 Å². The van der Waals surface area contributed by atoms with Crippen LogP contribution in [0.25, 0.3) is 0 Å². The fraction of sp³-hybridized carbons (Fsp3) is 0.440. The second kappa shape index (κ2) is 9.21. The average Bonchev–Trinajstić information content (AvgIpc) is 3.05. The normalized spacial score (nSPS) is 19.3. The molecule has 1 heterocycles. The van der Waals surface area contributed by atoms with Crippen molar-refractivity contribution < 1.29 is 27.6 Å². The molecule has 2 fully saturated rings. The average molecular weight is 486 g/mol. The Morgan fingerprint density at radius 2 is 1.94 bits per heavy atom. The Morgan fingerprint density at radius 3 is 2.49 bits per heavy atom. The number of nitrogens with one attached hydrogen (secondary N) is 1. The van der Waals surface area contributed by atoms with E-state index in [-0.39, 0.29) is 11.6 Å². The molecule has 0 bridgehead atoms. The Morgan fingerprint density at radius 1 is 1.20 bits per heavy atom. The van der Waals surface area contributed by atoms with Crippen molar-refractivity contribution in [1.82, 2.24) is 10.2 Å². The van der Waals surface area contributed by atoms with E-state index in [2.05, 4.69) is 5.32 Å². The fourth-order valence-electron chi connectivity index (χ4n) is 4.92. The number of carbonyl (C=O) groups excluding carboxylic acids is 3. The number of alkyl halides is 3. The van der Waals surface area contributed by atoms with Crippen LogP contribution in [0.2, 0.25) is 0 Å². The van der Waals surface area contributed by atoms with Gasteiger partial charge >= 0.3 is 12.2 Å². The van der Waals surface area contributed by atoms with Crippen molar-refractivity contribution in [3.8, 4) is 6.07 Å². The summed E-state index contributed by atoms with van der Waals surface area (Å²) in [6.07, 6.45) is 3.57. The van der Waals surface area contributed by atoms with Gasteiger partial charge in [-0.1, -0.05) is 11.6 Å². The summed E-state index contributed by atoms with van der Waals surface area (Å²) in [7, 11) is 1.59. The number of amides is 4. The molecular weight excluding hydrogens is 461 g/mol. The summed E-state index contributed by atoms with van der Waals surface area (Å²) >= 11 is 0. The fourth-order valence-corrected chi connectivity index (χ4v) is 4.92. The minimum absolute atomic E-state index is 0.0256. The van der Waals surface area contributed by atoms with Crippen molar-refractivity contribution in [1.29, 1.82) is 5.26 Å². The zero-order valence-electron chi connectivity index (χ0n) is 19.2. The van der Waals surface area contributed by atoms with E-state index in [9.17, 15) is 27.6 Å². The van der Waals surface area contributed by atoms with E-state index in [0.29, 0.717) is 50.3 Å². The Balaban J connectivity index is 1.62. The van der Waals surface area contributed by atoms with Crippen LogP contribution >= 0.6 is 0 Å². The maximum Gasteiger partial charge on any atom is 0.417 e. The van der Waals surface area contributed by atoms with Crippen molar-refractivity contribution in [3.63, 3.8) is 0 Å². The van der Waals surface area contributed by atoms with Crippen molar-refractivity contribution in [2.24, 2.45) is 0 Å². The number of imide groups is 1. The maximum absolute atomic E-state index is 13.5. The van der Waals surface area contributed by atoms with Crippen LogP contribution in [0.1, 0.15) is 62.5 Å². The summed E-state index contributed by atoms with van der Waals surface area (Å²) in [6, 6.07) is 3.74. The number of carbonyl (C=O) groups is 3. The van der Waals surface area contributed by atoms with Gasteiger partial charge in [0, 0.05) is 19.2 Å². The molecule has 0 aromatic heterocycles. The second-order valence-electron chi connectivity index (χ2n) is 8.99. The number of allylic oxidation sites excluding steroid dienone is 4. The lowest BCUT2D eigenvalue weighted by molar-refractivity contribution is -0.138. The van der Waals surface area contributed by atoms with E-state index >= 15 is 0 Å². The van der Waals surface area contributed by atoms with E-state index in [1.807, 2.05) is 6.08 Å². The largest absolute Gasteiger partial charge is 0.417 e. The van der Waals surface area contributed by atoms with Crippen molar-refractivity contribution in [3.05, 3.63) is 52.7 Å². The van der Waals surface area contributed by atoms with Crippen LogP contribution in [0.4, 0.5) is 23.7 Å². The van der Waals surface area contributed by atoms with Crippen molar-refractivity contribution in [2.45, 2.75) is 63.1 Å². The molecule has 0 radical (unpaired) electrons. The molecule has 0 unspecified atom stereocenters. The zero-order chi connectivity index (χ0) is 25.4. The van der Waals surface area contributed by atoms with Gasteiger partial charge in [-0.25, -0.2) is 9.69 Å². The lowest BCUT2D eigenvalue weighted by atomic mass is 9.75. The number of halogens is 3. The lowest BCUT2D eigenvalue weighted by Crippen LogP contribution is -2.54. The molecule has 3 aliphatic rings. The smallest absolute Gasteiger partial charge is 0.359 e. The van der Waals surface area contributed by atoms with Crippen LogP contribution in [0.5, 0.6) is 0 Å². The number of hydrogen-bond donors (Lipinski definition) is 1. The SMILES string of the molecule is CNC(=O)CCCC1=CC=C(N2C(=O)N(c3ccc(C#N)c(C(F)(F)F)c3)C(=O)C23CCC3)CC1. The summed E-state index contributed by atoms with van der Waals surface area (Å²) in [6.45, 7) is 0. The number of anilines is 1. The molecule has 4 rings (SSSR count). The Bertz CT molecular complexity index is 1180. The van der Waals surface area contributed by atoms with Gasteiger partial charge in [0.2, 0.25) is 5.91 Å². The number of hydrogen-bond acceptors (Lipinski definition) is 4. The molecule has 1 aliphatic heterocycles. The number of nitriles is 1. The molecule has 7 nitrogen and oxygen atoms in total. The molecule has 4 amide bonds. The van der Waals surface area contributed by atoms with Gasteiger partial charge in [0.25, 0.3) is 5.91 Å². The first-order chi connectivity index (χ1) is 16.6. The molecule has 1 spiro atoms. The summed E-state index contributed by atoms with van der Waals surface area (Å²) in [4.78, 5) is 40.6. The molecule has 1 N–H and O–H groups in total. The van der Waals surface area contributed by atoms with Crippen LogP contribution in [-0.4, -0.2) is 35.3 Å². The highest BCUT2D eigenvalue weighted by Crippen LogP contribution is 2.49. The highest BCUT2D eigenvalue weighted by atomic mass is 19.4. The highest BCUT2D eigenvalue weighted by Gasteiger charge is 2.61. The summed E-state index contributed by atoms with van der Waals surface area (Å²) < 4.78 is 40.5. The summed E-state index contributed by atoms with van der Waals surface area (Å²) in [5, 5.41) is 11.6. The quantitative estimate of drug-likeness (QED) is 0.585. The Kier molecular flexibility index (Phi) is 6.45. The first-order valence-corrected chi connectivity index (χ1v) is 11.5. The predicted molar refractivity (Wildman–Crippen MR) is 121 cm³/mol. The molecule has 1 saturated carbocycles.